The summed E-state index contributed by atoms with van der Waals surface area (Å²) < 4.78 is 27.9. The fraction of sp³-hybridized carbons (Fsp3) is 0.500. The van der Waals surface area contributed by atoms with E-state index in [9.17, 15) is 8.78 Å². The molecule has 0 bridgehead atoms. The highest BCUT2D eigenvalue weighted by Crippen LogP contribution is 2.39. The number of halogens is 2. The second-order valence-corrected chi connectivity index (χ2v) is 6.97. The van der Waals surface area contributed by atoms with Crippen LogP contribution < -0.4 is 0 Å². The first kappa shape index (κ1) is 15.5. The summed E-state index contributed by atoms with van der Waals surface area (Å²) in [6, 6.07) is 8.16. The van der Waals surface area contributed by atoms with Crippen molar-refractivity contribution in [3.05, 3.63) is 52.6 Å². The summed E-state index contributed by atoms with van der Waals surface area (Å²) >= 11 is 0. The average Bonchev–Trinajstić information content (AvgIpc) is 2.54. The molecule has 1 aromatic carbocycles. The Hall–Kier alpha value is -1.44. The van der Waals surface area contributed by atoms with Crippen molar-refractivity contribution in [1.82, 2.24) is 0 Å². The van der Waals surface area contributed by atoms with Crippen LogP contribution in [0.2, 0.25) is 0 Å². The Morgan fingerprint density at radius 2 is 1.50 bits per heavy atom. The molecule has 1 aromatic rings. The molecule has 0 amide bonds. The zero-order valence-electron chi connectivity index (χ0n) is 13.5. The second kappa shape index (κ2) is 6.36. The molecule has 0 N–H and O–H groups in total. The van der Waals surface area contributed by atoms with E-state index in [1.54, 1.807) is 6.92 Å². The predicted molar refractivity (Wildman–Crippen MR) is 87.9 cm³/mol. The lowest BCUT2D eigenvalue weighted by atomic mass is 9.79. The summed E-state index contributed by atoms with van der Waals surface area (Å²) in [4.78, 5) is 0. The molecule has 22 heavy (non-hydrogen) atoms. The van der Waals surface area contributed by atoms with Gasteiger partial charge in [-0.3, -0.25) is 0 Å². The highest BCUT2D eigenvalue weighted by molar-refractivity contribution is 5.72. The average molecular weight is 302 g/mol. The topological polar surface area (TPSA) is 0 Å². The zero-order valence-corrected chi connectivity index (χ0v) is 13.5. The van der Waals surface area contributed by atoms with Gasteiger partial charge in [0.1, 0.15) is 0 Å². The molecule has 0 saturated heterocycles. The van der Waals surface area contributed by atoms with Gasteiger partial charge in [-0.25, -0.2) is 8.78 Å². The van der Waals surface area contributed by atoms with Crippen LogP contribution in [0.25, 0.3) is 5.57 Å². The normalized spacial score (nSPS) is 26.5. The minimum atomic E-state index is -0.664. The molecule has 0 aromatic heterocycles. The minimum Gasteiger partial charge on any atom is -0.204 e. The van der Waals surface area contributed by atoms with Crippen molar-refractivity contribution in [3.63, 3.8) is 0 Å². The van der Waals surface area contributed by atoms with Crippen LogP contribution in [0, 0.1) is 5.92 Å². The van der Waals surface area contributed by atoms with E-state index in [0.29, 0.717) is 29.9 Å². The number of hydrogen-bond acceptors (Lipinski definition) is 0. The smallest absolute Gasteiger partial charge is 0.162 e. The maximum Gasteiger partial charge on any atom is 0.162 e. The molecule has 2 aliphatic carbocycles. The second-order valence-electron chi connectivity index (χ2n) is 6.97. The predicted octanol–water partition coefficient (Wildman–Crippen LogP) is 6.70. The van der Waals surface area contributed by atoms with Crippen LogP contribution in [0.4, 0.5) is 8.78 Å². The molecule has 118 valence electrons. The third kappa shape index (κ3) is 3.02. The molecule has 0 radical (unpaired) electrons. The molecule has 1 fully saturated rings. The summed E-state index contributed by atoms with van der Waals surface area (Å²) in [5.74, 6) is 0.152. The van der Waals surface area contributed by atoms with Crippen LogP contribution in [-0.4, -0.2) is 0 Å². The van der Waals surface area contributed by atoms with Gasteiger partial charge in [0.2, 0.25) is 0 Å². The Labute approximate surface area is 131 Å². The lowest BCUT2D eigenvalue weighted by molar-refractivity contribution is 0.348. The van der Waals surface area contributed by atoms with Gasteiger partial charge in [0, 0.05) is 0 Å². The third-order valence-corrected chi connectivity index (χ3v) is 5.33. The Morgan fingerprint density at radius 3 is 2.14 bits per heavy atom. The number of benzene rings is 1. The molecule has 1 saturated carbocycles. The SMILES string of the molecule is CC1=C(F)C(F)=C(c2ccc(C3CCC(C)CC3)cc2)CC1. The van der Waals surface area contributed by atoms with Gasteiger partial charge in [-0.2, -0.15) is 0 Å². The summed E-state index contributed by atoms with van der Waals surface area (Å²) in [6.07, 6.45) is 6.27. The summed E-state index contributed by atoms with van der Waals surface area (Å²) in [5.41, 5.74) is 3.22. The van der Waals surface area contributed by atoms with E-state index in [0.717, 1.165) is 11.5 Å². The Balaban J connectivity index is 1.80. The lowest BCUT2D eigenvalue weighted by Gasteiger charge is -2.26. The maximum absolute atomic E-state index is 14.1. The van der Waals surface area contributed by atoms with Crippen LogP contribution in [0.1, 0.15) is 69.4 Å². The lowest BCUT2D eigenvalue weighted by Crippen LogP contribution is -2.10. The molecule has 0 aliphatic heterocycles. The molecule has 2 heteroatoms. The Bertz CT molecular complexity index is 599. The van der Waals surface area contributed by atoms with Crippen LogP contribution >= 0.6 is 0 Å². The van der Waals surface area contributed by atoms with Crippen LogP contribution in [0.5, 0.6) is 0 Å². The fourth-order valence-electron chi connectivity index (χ4n) is 3.67. The van der Waals surface area contributed by atoms with Gasteiger partial charge < -0.3 is 0 Å². The number of hydrogen-bond donors (Lipinski definition) is 0. The third-order valence-electron chi connectivity index (χ3n) is 5.33. The standard InChI is InChI=1S/C20H24F2/c1-13-3-6-15(7-4-13)16-8-10-17(11-9-16)18-12-5-14(2)19(21)20(18)22/h8-11,13,15H,3-7,12H2,1-2H3. The molecule has 0 heterocycles. The molecular formula is C20H24F2. The van der Waals surface area contributed by atoms with Gasteiger partial charge >= 0.3 is 0 Å². The number of rotatable bonds is 2. The molecule has 0 nitrogen and oxygen atoms in total. The van der Waals surface area contributed by atoms with Gasteiger partial charge in [-0.1, -0.05) is 44.0 Å². The summed E-state index contributed by atoms with van der Waals surface area (Å²) in [7, 11) is 0. The highest BCUT2D eigenvalue weighted by atomic mass is 19.2. The van der Waals surface area contributed by atoms with Crippen molar-refractivity contribution in [3.8, 4) is 0 Å². The van der Waals surface area contributed by atoms with Crippen molar-refractivity contribution in [2.75, 3.05) is 0 Å². The first-order valence-electron chi connectivity index (χ1n) is 8.41. The van der Waals surface area contributed by atoms with Crippen LogP contribution in [0.3, 0.4) is 0 Å². The van der Waals surface area contributed by atoms with Crippen LogP contribution in [0.15, 0.2) is 41.5 Å². The van der Waals surface area contributed by atoms with E-state index in [1.807, 2.05) is 12.1 Å². The van der Waals surface area contributed by atoms with Crippen molar-refractivity contribution in [2.45, 2.75) is 58.3 Å². The minimum absolute atomic E-state index is 0.520. The molecule has 0 unspecified atom stereocenters. The van der Waals surface area contributed by atoms with E-state index in [1.165, 1.54) is 31.2 Å². The molecule has 3 rings (SSSR count). The van der Waals surface area contributed by atoms with Crippen molar-refractivity contribution in [2.24, 2.45) is 5.92 Å². The van der Waals surface area contributed by atoms with Crippen molar-refractivity contribution < 1.29 is 8.78 Å². The van der Waals surface area contributed by atoms with Crippen molar-refractivity contribution >= 4 is 5.57 Å². The highest BCUT2D eigenvalue weighted by Gasteiger charge is 2.22. The monoisotopic (exact) mass is 302 g/mol. The molecule has 0 atom stereocenters. The van der Waals surface area contributed by atoms with Crippen LogP contribution in [-0.2, 0) is 0 Å². The fourth-order valence-corrected chi connectivity index (χ4v) is 3.67. The zero-order chi connectivity index (χ0) is 15.7. The largest absolute Gasteiger partial charge is 0.204 e. The number of allylic oxidation sites excluding steroid dienone is 4. The van der Waals surface area contributed by atoms with E-state index >= 15 is 0 Å². The molecular weight excluding hydrogens is 278 g/mol. The van der Waals surface area contributed by atoms with Gasteiger partial charge in [-0.15, -0.1) is 0 Å². The summed E-state index contributed by atoms with van der Waals surface area (Å²) in [6.45, 7) is 3.99. The first-order chi connectivity index (χ1) is 10.6. The van der Waals surface area contributed by atoms with Gasteiger partial charge in [-0.05, 0) is 66.7 Å². The van der Waals surface area contributed by atoms with Gasteiger partial charge in [0.25, 0.3) is 0 Å². The van der Waals surface area contributed by atoms with E-state index in [-0.39, 0.29) is 0 Å². The Morgan fingerprint density at radius 1 is 0.864 bits per heavy atom. The van der Waals surface area contributed by atoms with Crippen molar-refractivity contribution in [1.29, 1.82) is 0 Å². The van der Waals surface area contributed by atoms with E-state index < -0.39 is 11.7 Å². The van der Waals surface area contributed by atoms with Gasteiger partial charge in [0.15, 0.2) is 11.7 Å². The maximum atomic E-state index is 14.1. The summed E-state index contributed by atoms with van der Waals surface area (Å²) in [5, 5.41) is 0. The van der Waals surface area contributed by atoms with Gasteiger partial charge in [0.05, 0.1) is 0 Å². The quantitative estimate of drug-likeness (QED) is 0.570. The Kier molecular flexibility index (Phi) is 4.46. The first-order valence-corrected chi connectivity index (χ1v) is 8.41. The van der Waals surface area contributed by atoms with E-state index in [2.05, 4.69) is 19.1 Å². The molecule has 2 aliphatic rings. The molecule has 0 spiro atoms. The van der Waals surface area contributed by atoms with E-state index in [4.69, 9.17) is 0 Å².